The fraction of sp³-hybridized carbons (Fsp3) is 0.385. The van der Waals surface area contributed by atoms with Crippen LogP contribution in [0.3, 0.4) is 0 Å². The van der Waals surface area contributed by atoms with Crippen LogP contribution in [0.15, 0.2) is 23.4 Å². The molecule has 0 saturated carbocycles. The Morgan fingerprint density at radius 1 is 1.20 bits per heavy atom. The summed E-state index contributed by atoms with van der Waals surface area (Å²) in [5.74, 6) is 0.0116. The van der Waals surface area contributed by atoms with Crippen molar-refractivity contribution in [1.82, 2.24) is 14.8 Å². The van der Waals surface area contributed by atoms with Crippen molar-refractivity contribution in [2.45, 2.75) is 37.3 Å². The van der Waals surface area contributed by atoms with Gasteiger partial charge in [-0.25, -0.2) is 8.78 Å². The van der Waals surface area contributed by atoms with Crippen LogP contribution in [0, 0.1) is 11.6 Å². The molecule has 0 aliphatic carbocycles. The second-order valence-electron chi connectivity index (χ2n) is 4.32. The number of nitrogens with two attached hydrogens (primary N) is 1. The van der Waals surface area contributed by atoms with Gasteiger partial charge in [0.15, 0.2) is 5.16 Å². The summed E-state index contributed by atoms with van der Waals surface area (Å²) in [5.41, 5.74) is 6.19. The van der Waals surface area contributed by atoms with Crippen LogP contribution in [-0.4, -0.2) is 14.8 Å². The average Bonchev–Trinajstić information content (AvgIpc) is 2.78. The zero-order valence-electron chi connectivity index (χ0n) is 11.1. The fourth-order valence-corrected chi connectivity index (χ4v) is 2.78. The van der Waals surface area contributed by atoms with Crippen LogP contribution in [0.2, 0.25) is 0 Å². The van der Waals surface area contributed by atoms with Gasteiger partial charge in [0.2, 0.25) is 0 Å². The maximum Gasteiger partial charge on any atom is 0.191 e. The third kappa shape index (κ3) is 3.55. The molecule has 0 bridgehead atoms. The predicted octanol–water partition coefficient (Wildman–Crippen LogP) is 2.72. The number of benzene rings is 1. The lowest BCUT2D eigenvalue weighted by Gasteiger charge is -2.07. The highest BCUT2D eigenvalue weighted by Gasteiger charge is 2.11. The molecule has 0 aliphatic rings. The Balaban J connectivity index is 2.12. The molecule has 0 unspecified atom stereocenters. The summed E-state index contributed by atoms with van der Waals surface area (Å²) in [6.07, 6.45) is 0.938. The molecule has 1 aromatic heterocycles. The molecule has 20 heavy (non-hydrogen) atoms. The first-order valence-corrected chi connectivity index (χ1v) is 7.32. The smallest absolute Gasteiger partial charge is 0.191 e. The van der Waals surface area contributed by atoms with Gasteiger partial charge in [0.25, 0.3) is 0 Å². The SMILES string of the molecule is CCCn1c(CN)nnc1SCc1cc(F)cc(F)c1. The molecule has 108 valence electrons. The summed E-state index contributed by atoms with van der Waals surface area (Å²) in [6, 6.07) is 3.50. The molecule has 0 fully saturated rings. The number of thioether (sulfide) groups is 1. The van der Waals surface area contributed by atoms with E-state index < -0.39 is 11.6 Å². The zero-order chi connectivity index (χ0) is 14.5. The number of hydrogen-bond donors (Lipinski definition) is 1. The van der Waals surface area contributed by atoms with Crippen LogP contribution in [-0.2, 0) is 18.8 Å². The fourth-order valence-electron chi connectivity index (χ4n) is 1.87. The van der Waals surface area contributed by atoms with Crippen LogP contribution in [0.5, 0.6) is 0 Å². The first-order chi connectivity index (χ1) is 9.63. The minimum atomic E-state index is -0.571. The minimum absolute atomic E-state index is 0.322. The molecule has 2 rings (SSSR count). The maximum atomic E-state index is 13.1. The molecule has 2 N–H and O–H groups in total. The number of hydrogen-bond acceptors (Lipinski definition) is 4. The van der Waals surface area contributed by atoms with Crippen molar-refractivity contribution in [3.8, 4) is 0 Å². The summed E-state index contributed by atoms with van der Waals surface area (Å²) in [7, 11) is 0. The Labute approximate surface area is 120 Å². The molecule has 4 nitrogen and oxygen atoms in total. The molecule has 2 aromatic rings. The van der Waals surface area contributed by atoms with Crippen molar-refractivity contribution >= 4 is 11.8 Å². The second-order valence-corrected chi connectivity index (χ2v) is 5.26. The van der Waals surface area contributed by atoms with E-state index in [4.69, 9.17) is 5.73 Å². The summed E-state index contributed by atoms with van der Waals surface area (Å²) in [5, 5.41) is 8.81. The van der Waals surface area contributed by atoms with Crippen molar-refractivity contribution in [2.75, 3.05) is 0 Å². The van der Waals surface area contributed by atoms with Gasteiger partial charge < -0.3 is 10.3 Å². The largest absolute Gasteiger partial charge is 0.324 e. The highest BCUT2D eigenvalue weighted by Crippen LogP contribution is 2.23. The topological polar surface area (TPSA) is 56.7 Å². The number of nitrogens with zero attached hydrogens (tertiary/aromatic N) is 3. The normalized spacial score (nSPS) is 11.0. The molecule has 0 spiro atoms. The first-order valence-electron chi connectivity index (χ1n) is 6.34. The Kier molecular flexibility index (Phi) is 5.08. The van der Waals surface area contributed by atoms with Gasteiger partial charge in [-0.1, -0.05) is 18.7 Å². The molecule has 0 saturated heterocycles. The van der Waals surface area contributed by atoms with E-state index in [1.807, 2.05) is 4.57 Å². The van der Waals surface area contributed by atoms with Gasteiger partial charge >= 0.3 is 0 Å². The van der Waals surface area contributed by atoms with Crippen molar-refractivity contribution in [2.24, 2.45) is 5.73 Å². The number of halogens is 2. The number of rotatable bonds is 6. The lowest BCUT2D eigenvalue weighted by atomic mass is 10.2. The monoisotopic (exact) mass is 298 g/mol. The van der Waals surface area contributed by atoms with E-state index in [1.165, 1.54) is 23.9 Å². The van der Waals surface area contributed by atoms with Crippen molar-refractivity contribution < 1.29 is 8.78 Å². The summed E-state index contributed by atoms with van der Waals surface area (Å²) in [6.45, 7) is 3.15. The third-order valence-corrected chi connectivity index (χ3v) is 3.75. The van der Waals surface area contributed by atoms with E-state index in [-0.39, 0.29) is 0 Å². The highest BCUT2D eigenvalue weighted by atomic mass is 32.2. The Hall–Kier alpha value is -1.47. The molecule has 0 aliphatic heterocycles. The lowest BCUT2D eigenvalue weighted by molar-refractivity contribution is 0.581. The van der Waals surface area contributed by atoms with Crippen LogP contribution >= 0.6 is 11.8 Å². The Morgan fingerprint density at radius 3 is 2.50 bits per heavy atom. The average molecular weight is 298 g/mol. The molecular formula is C13H16F2N4S. The molecule has 7 heteroatoms. The molecule has 0 radical (unpaired) electrons. The quantitative estimate of drug-likeness (QED) is 0.833. The van der Waals surface area contributed by atoms with E-state index >= 15 is 0 Å². The van der Waals surface area contributed by atoms with Gasteiger partial charge in [-0.2, -0.15) is 0 Å². The molecule has 0 amide bonds. The van der Waals surface area contributed by atoms with E-state index in [9.17, 15) is 8.78 Å². The van der Waals surface area contributed by atoms with Gasteiger partial charge in [0.1, 0.15) is 17.5 Å². The first kappa shape index (κ1) is 14.9. The molecule has 1 aromatic carbocycles. The van der Waals surface area contributed by atoms with Gasteiger partial charge in [-0.3, -0.25) is 0 Å². The van der Waals surface area contributed by atoms with Crippen molar-refractivity contribution in [3.63, 3.8) is 0 Å². The highest BCUT2D eigenvalue weighted by molar-refractivity contribution is 7.98. The summed E-state index contributed by atoms with van der Waals surface area (Å²) >= 11 is 1.39. The standard InChI is InChI=1S/C13H16F2N4S/c1-2-3-19-12(7-16)17-18-13(19)20-8-9-4-10(14)6-11(15)5-9/h4-6H,2-3,7-8,16H2,1H3. The summed E-state index contributed by atoms with van der Waals surface area (Å²) in [4.78, 5) is 0. The van der Waals surface area contributed by atoms with E-state index in [0.29, 0.717) is 17.9 Å². The molecule has 0 atom stereocenters. The Morgan fingerprint density at radius 2 is 1.90 bits per heavy atom. The van der Waals surface area contributed by atoms with E-state index in [0.717, 1.165) is 30.0 Å². The zero-order valence-corrected chi connectivity index (χ0v) is 12.0. The summed E-state index contributed by atoms with van der Waals surface area (Å²) < 4.78 is 28.2. The Bertz CT molecular complexity index is 565. The maximum absolute atomic E-state index is 13.1. The van der Waals surface area contributed by atoms with E-state index in [1.54, 1.807) is 0 Å². The molecular weight excluding hydrogens is 282 g/mol. The van der Waals surface area contributed by atoms with Crippen LogP contribution < -0.4 is 5.73 Å². The van der Waals surface area contributed by atoms with Crippen LogP contribution in [0.1, 0.15) is 24.7 Å². The van der Waals surface area contributed by atoms with Gasteiger partial charge in [0.05, 0.1) is 6.54 Å². The van der Waals surface area contributed by atoms with Gasteiger partial charge in [-0.15, -0.1) is 10.2 Å². The van der Waals surface area contributed by atoms with Gasteiger partial charge in [-0.05, 0) is 24.1 Å². The van der Waals surface area contributed by atoms with Crippen molar-refractivity contribution in [3.05, 3.63) is 41.2 Å². The second kappa shape index (κ2) is 6.81. The van der Waals surface area contributed by atoms with Crippen LogP contribution in [0.4, 0.5) is 8.78 Å². The van der Waals surface area contributed by atoms with E-state index in [2.05, 4.69) is 17.1 Å². The number of aromatic nitrogens is 3. The third-order valence-electron chi connectivity index (χ3n) is 2.71. The lowest BCUT2D eigenvalue weighted by Crippen LogP contribution is -2.09. The molecule has 1 heterocycles. The van der Waals surface area contributed by atoms with Crippen LogP contribution in [0.25, 0.3) is 0 Å². The minimum Gasteiger partial charge on any atom is -0.324 e. The predicted molar refractivity (Wildman–Crippen MR) is 74.1 cm³/mol. The van der Waals surface area contributed by atoms with Gasteiger partial charge in [0, 0.05) is 18.4 Å². The van der Waals surface area contributed by atoms with Crippen molar-refractivity contribution in [1.29, 1.82) is 0 Å².